The number of anilines is 2. The molecular formula is C20H27Br2N4O4PS6. The van der Waals surface area contributed by atoms with Gasteiger partial charge in [-0.15, -0.1) is 0 Å². The van der Waals surface area contributed by atoms with E-state index in [1.54, 1.807) is 25.2 Å². The molecule has 8 nitrogen and oxygen atoms in total. The van der Waals surface area contributed by atoms with Crippen LogP contribution in [-0.4, -0.2) is 61.4 Å². The highest BCUT2D eigenvalue weighted by molar-refractivity contribution is 9.14. The number of hydrogen-bond acceptors (Lipinski definition) is 11. The van der Waals surface area contributed by atoms with E-state index >= 15 is 0 Å². The van der Waals surface area contributed by atoms with Crippen LogP contribution >= 0.6 is 106 Å². The summed E-state index contributed by atoms with van der Waals surface area (Å²) in [6.07, 6.45) is 2.18. The van der Waals surface area contributed by atoms with Crippen LogP contribution in [0.15, 0.2) is 18.2 Å². The van der Waals surface area contributed by atoms with E-state index in [0.717, 1.165) is 12.8 Å². The summed E-state index contributed by atoms with van der Waals surface area (Å²) < 4.78 is 0.521. The summed E-state index contributed by atoms with van der Waals surface area (Å²) in [6, 6.07) is 4.47. The van der Waals surface area contributed by atoms with E-state index < -0.39 is 0 Å². The topological polar surface area (TPSA) is 116 Å². The number of benzene rings is 1. The minimum atomic E-state index is -0.318. The maximum absolute atomic E-state index is 12.5. The Kier molecular flexibility index (Phi) is 16.7. The molecule has 4 N–H and O–H groups in total. The number of hydrogen-bond donors (Lipinski definition) is 4. The van der Waals surface area contributed by atoms with Crippen LogP contribution in [-0.2, 0) is 14.4 Å². The van der Waals surface area contributed by atoms with Crippen LogP contribution < -0.4 is 21.3 Å². The zero-order valence-electron chi connectivity index (χ0n) is 19.7. The Morgan fingerprint density at radius 3 is 1.95 bits per heavy atom. The molecule has 3 amide bonds. The quantitative estimate of drug-likeness (QED) is 0.0663. The van der Waals surface area contributed by atoms with Gasteiger partial charge in [0.15, 0.2) is 8.27 Å². The van der Waals surface area contributed by atoms with Gasteiger partial charge < -0.3 is 21.3 Å². The molecule has 0 aliphatic carbocycles. The van der Waals surface area contributed by atoms with Crippen LogP contribution in [0.4, 0.5) is 11.4 Å². The van der Waals surface area contributed by atoms with Gasteiger partial charge in [0.1, 0.15) is 0 Å². The predicted octanol–water partition coefficient (Wildman–Crippen LogP) is 5.97. The molecule has 2 aliphatic rings. The second kappa shape index (κ2) is 18.2. The summed E-state index contributed by atoms with van der Waals surface area (Å²) in [6.45, 7) is 0.446. The highest BCUT2D eigenvalue weighted by Gasteiger charge is 2.50. The third-order valence-electron chi connectivity index (χ3n) is 4.54. The molecule has 2 aliphatic heterocycles. The van der Waals surface area contributed by atoms with Gasteiger partial charge in [-0.05, 0) is 66.1 Å². The molecule has 17 heteroatoms. The molecule has 2 atom stereocenters. The third kappa shape index (κ3) is 13.3. The summed E-state index contributed by atoms with van der Waals surface area (Å²) in [4.78, 5) is 47.1. The van der Waals surface area contributed by atoms with Gasteiger partial charge in [-0.25, -0.2) is 0 Å². The number of halogens is 2. The second-order valence-electron chi connectivity index (χ2n) is 7.34. The zero-order chi connectivity index (χ0) is 27.3. The van der Waals surface area contributed by atoms with Crippen LogP contribution in [0, 0.1) is 0 Å². The lowest BCUT2D eigenvalue weighted by atomic mass is 10.1. The van der Waals surface area contributed by atoms with E-state index in [-0.39, 0.29) is 39.9 Å². The van der Waals surface area contributed by atoms with Crippen molar-refractivity contribution in [2.75, 3.05) is 40.0 Å². The Hall–Kier alpha value is 0.750. The summed E-state index contributed by atoms with van der Waals surface area (Å²) in [5.41, 5.74) is 1.14. The highest BCUT2D eigenvalue weighted by Crippen LogP contribution is 2.83. The smallest absolute Gasteiger partial charge is 0.251 e. The molecular weight excluding hydrogens is 743 g/mol. The molecule has 1 spiro atoms. The number of nitrogens with one attached hydrogen (secondary N) is 4. The Morgan fingerprint density at radius 2 is 1.51 bits per heavy atom. The first-order valence-electron chi connectivity index (χ1n) is 10.8. The van der Waals surface area contributed by atoms with Crippen molar-refractivity contribution in [3.63, 3.8) is 0 Å². The fourth-order valence-corrected chi connectivity index (χ4v) is 16.4. The largest absolute Gasteiger partial charge is 0.352 e. The molecule has 0 bridgehead atoms. The molecule has 1 aromatic rings. The molecule has 1 unspecified atom stereocenters. The number of carbonyl (C=O) groups is 4. The molecule has 0 aromatic heterocycles. The van der Waals surface area contributed by atoms with Crippen molar-refractivity contribution in [3.8, 4) is 0 Å². The molecule has 0 saturated carbocycles. The Labute approximate surface area is 259 Å². The van der Waals surface area contributed by atoms with Crippen molar-refractivity contribution in [1.82, 2.24) is 10.6 Å². The van der Waals surface area contributed by atoms with Crippen molar-refractivity contribution in [1.29, 1.82) is 0 Å². The van der Waals surface area contributed by atoms with Gasteiger partial charge in [0.2, 0.25) is 11.8 Å². The Bertz CT molecular complexity index is 919. The van der Waals surface area contributed by atoms with Crippen LogP contribution in [0.2, 0.25) is 0 Å². The SMILES string of the molecule is C1SSC2(SS1)SS2.CN[C@@H](CCCCNC(=O)c1cc(NC(=O)CBr)cc(NC(=O)CBr)c1)C(=O)P. The summed E-state index contributed by atoms with van der Waals surface area (Å²) in [5, 5.41) is 12.5. The predicted molar refractivity (Wildman–Crippen MR) is 178 cm³/mol. The summed E-state index contributed by atoms with van der Waals surface area (Å²) in [5.74, 6) is -0.868. The maximum Gasteiger partial charge on any atom is 0.251 e. The fourth-order valence-electron chi connectivity index (χ4n) is 2.81. The first-order valence-corrected chi connectivity index (χ1v) is 20.4. The molecule has 206 valence electrons. The minimum absolute atomic E-state index is 0.0110. The van der Waals surface area contributed by atoms with Crippen LogP contribution in [0.3, 0.4) is 0 Å². The highest BCUT2D eigenvalue weighted by atomic mass is 79.9. The summed E-state index contributed by atoms with van der Waals surface area (Å²) >= 11 is 6.14. The van der Waals surface area contributed by atoms with Gasteiger partial charge >= 0.3 is 0 Å². The summed E-state index contributed by atoms with van der Waals surface area (Å²) in [7, 11) is 15.9. The maximum atomic E-state index is 12.5. The number of alkyl halides is 2. The van der Waals surface area contributed by atoms with E-state index in [2.05, 4.69) is 62.4 Å². The monoisotopic (exact) mass is 768 g/mol. The lowest BCUT2D eigenvalue weighted by molar-refractivity contribution is -0.114. The normalized spacial score (nSPS) is 16.1. The van der Waals surface area contributed by atoms with Crippen LogP contribution in [0.1, 0.15) is 29.6 Å². The standard InChI is InChI=1S/C18H25Br2N4O4P.C2H2S6/c1-21-14(18(28)29)4-2-3-5-22-17(27)11-6-12(23-15(25)9-19)8-13(7-11)24-16(26)10-20;1-3-5-2(6-4-1)7-8-2/h6-8,14,21H,2-5,9-10,29H2,1H3,(H,22,27)(H,23,25)(H,24,26);1H2/t14-;/m0./s1. The van der Waals surface area contributed by atoms with Crippen molar-refractivity contribution in [2.45, 2.75) is 28.0 Å². The Balaban J connectivity index is 0.000000498. The first kappa shape index (κ1) is 34.0. The van der Waals surface area contributed by atoms with E-state index in [1.807, 2.05) is 64.8 Å². The van der Waals surface area contributed by atoms with Gasteiger partial charge in [0.05, 0.1) is 21.8 Å². The minimum Gasteiger partial charge on any atom is -0.352 e. The lowest BCUT2D eigenvalue weighted by Gasteiger charge is -2.13. The molecule has 0 radical (unpaired) electrons. The third-order valence-corrected chi connectivity index (χ3v) is 18.9. The molecule has 1 aromatic carbocycles. The zero-order valence-corrected chi connectivity index (χ0v) is 28.9. The number of amides is 3. The average molecular weight is 771 g/mol. The van der Waals surface area contributed by atoms with Crippen molar-refractivity contribution in [3.05, 3.63) is 23.8 Å². The van der Waals surface area contributed by atoms with Crippen LogP contribution in [0.25, 0.3) is 0 Å². The van der Waals surface area contributed by atoms with E-state index in [1.165, 1.54) is 5.08 Å². The number of likely N-dealkylation sites (N-methyl/N-ethyl adjacent to an activating group) is 1. The van der Waals surface area contributed by atoms with Crippen molar-refractivity contribution < 1.29 is 19.2 Å². The molecule has 2 heterocycles. The molecule has 3 rings (SSSR count). The van der Waals surface area contributed by atoms with E-state index in [9.17, 15) is 19.2 Å². The van der Waals surface area contributed by atoms with Crippen molar-refractivity contribution in [2.24, 2.45) is 0 Å². The molecule has 37 heavy (non-hydrogen) atoms. The van der Waals surface area contributed by atoms with Gasteiger partial charge in [0, 0.05) is 23.5 Å². The van der Waals surface area contributed by atoms with Crippen molar-refractivity contribution >= 4 is 140 Å². The Morgan fingerprint density at radius 1 is 0.946 bits per heavy atom. The molecule has 2 saturated heterocycles. The van der Waals surface area contributed by atoms with Crippen LogP contribution in [0.5, 0.6) is 0 Å². The van der Waals surface area contributed by atoms with Gasteiger partial charge in [0.25, 0.3) is 5.91 Å². The molecule has 2 fully saturated rings. The fraction of sp³-hybridized carbons (Fsp3) is 0.500. The number of rotatable bonds is 12. The van der Waals surface area contributed by atoms with E-state index in [4.69, 9.17) is 0 Å². The van der Waals surface area contributed by atoms with E-state index in [0.29, 0.717) is 32.6 Å². The average Bonchev–Trinajstić information content (AvgIpc) is 3.64. The van der Waals surface area contributed by atoms with Gasteiger partial charge in [-0.2, -0.15) is 0 Å². The second-order valence-corrected chi connectivity index (χ2v) is 18.5. The van der Waals surface area contributed by atoms with Gasteiger partial charge in [-0.1, -0.05) is 84.3 Å². The number of unbranched alkanes of at least 4 members (excludes halogenated alkanes) is 1. The van der Waals surface area contributed by atoms with Gasteiger partial charge in [-0.3, -0.25) is 19.2 Å². The number of carbonyl (C=O) groups excluding carboxylic acids is 4. The lowest BCUT2D eigenvalue weighted by Crippen LogP contribution is -2.31. The first-order chi connectivity index (χ1) is 17.7.